The van der Waals surface area contributed by atoms with Crippen molar-refractivity contribution in [3.05, 3.63) is 15.5 Å². The van der Waals surface area contributed by atoms with Gasteiger partial charge in [-0.05, 0) is 19.2 Å². The smallest absolute Gasteiger partial charge is 0.183 e. The zero-order chi connectivity index (χ0) is 9.97. The zero-order valence-corrected chi connectivity index (χ0v) is 10.5. The van der Waals surface area contributed by atoms with Crippen LogP contribution in [0.25, 0.3) is 0 Å². The van der Waals surface area contributed by atoms with Crippen molar-refractivity contribution in [1.29, 1.82) is 0 Å². The first-order valence-electron chi connectivity index (χ1n) is 4.64. The molecule has 1 atom stereocenters. The molecule has 0 aromatic carbocycles. The van der Waals surface area contributed by atoms with E-state index in [1.807, 2.05) is 18.0 Å². The molecule has 0 radical (unpaired) electrons. The highest BCUT2D eigenvalue weighted by Gasteiger charge is 2.20. The molecule has 1 aromatic rings. The average molecular weight is 249 g/mol. The van der Waals surface area contributed by atoms with Crippen molar-refractivity contribution in [3.8, 4) is 0 Å². The fourth-order valence-electron chi connectivity index (χ4n) is 1.60. The molecule has 78 valence electrons. The molecular weight excluding hydrogens is 236 g/mol. The van der Waals surface area contributed by atoms with Crippen molar-refractivity contribution in [1.82, 2.24) is 9.88 Å². The van der Waals surface area contributed by atoms with Crippen molar-refractivity contribution in [2.75, 3.05) is 18.6 Å². The van der Waals surface area contributed by atoms with Gasteiger partial charge in [0, 0.05) is 29.4 Å². The predicted octanol–water partition coefficient (Wildman–Crippen LogP) is 2.73. The van der Waals surface area contributed by atoms with Crippen molar-refractivity contribution in [3.63, 3.8) is 0 Å². The van der Waals surface area contributed by atoms with Gasteiger partial charge in [0.25, 0.3) is 0 Å². The van der Waals surface area contributed by atoms with E-state index < -0.39 is 0 Å². The molecule has 1 unspecified atom stereocenters. The third-order valence-electron chi connectivity index (χ3n) is 2.46. The van der Waals surface area contributed by atoms with E-state index >= 15 is 0 Å². The molecule has 0 amide bonds. The van der Waals surface area contributed by atoms with Crippen molar-refractivity contribution in [2.24, 2.45) is 0 Å². The number of rotatable bonds is 3. The van der Waals surface area contributed by atoms with Gasteiger partial charge in [0.05, 0.1) is 0 Å². The Morgan fingerprint density at radius 3 is 3.14 bits per heavy atom. The van der Waals surface area contributed by atoms with Gasteiger partial charge in [0.15, 0.2) is 4.47 Å². The molecule has 14 heavy (non-hydrogen) atoms. The largest absolute Gasteiger partial charge is 0.297 e. The van der Waals surface area contributed by atoms with Gasteiger partial charge in [0.1, 0.15) is 0 Å². The highest BCUT2D eigenvalue weighted by molar-refractivity contribution is 7.99. The van der Waals surface area contributed by atoms with Gasteiger partial charge in [-0.25, -0.2) is 4.98 Å². The third-order valence-corrected chi connectivity index (χ3v) is 4.70. The van der Waals surface area contributed by atoms with Gasteiger partial charge in [-0.15, -0.1) is 11.3 Å². The summed E-state index contributed by atoms with van der Waals surface area (Å²) in [6.07, 6.45) is 3.19. The molecule has 2 nitrogen and oxygen atoms in total. The normalized spacial score (nSPS) is 22.1. The van der Waals surface area contributed by atoms with Crippen LogP contribution in [0, 0.1) is 0 Å². The lowest BCUT2D eigenvalue weighted by molar-refractivity contribution is 0.256. The fraction of sp³-hybridized carbons (Fsp3) is 0.667. The van der Waals surface area contributed by atoms with Crippen LogP contribution in [0.5, 0.6) is 0 Å². The number of thiazole rings is 1. The summed E-state index contributed by atoms with van der Waals surface area (Å²) in [4.78, 5) is 7.71. The standard InChI is InChI=1S/C9H13ClN2S2/c1-12(7-2-3-13-6-7)5-8-4-11-9(10)14-8/h4,7H,2-3,5-6H2,1H3. The Balaban J connectivity index is 1.90. The van der Waals surface area contributed by atoms with E-state index in [4.69, 9.17) is 11.6 Å². The van der Waals surface area contributed by atoms with Crippen molar-refractivity contribution >= 4 is 34.7 Å². The average Bonchev–Trinajstić information content (AvgIpc) is 2.75. The van der Waals surface area contributed by atoms with Gasteiger partial charge in [-0.2, -0.15) is 11.8 Å². The first-order chi connectivity index (χ1) is 6.75. The number of nitrogens with zero attached hydrogens (tertiary/aromatic N) is 2. The second-order valence-corrected chi connectivity index (χ2v) is 6.36. The van der Waals surface area contributed by atoms with Crippen LogP contribution in [0.1, 0.15) is 11.3 Å². The van der Waals surface area contributed by atoms with Crippen molar-refractivity contribution < 1.29 is 0 Å². The lowest BCUT2D eigenvalue weighted by atomic mass is 10.2. The van der Waals surface area contributed by atoms with Crippen LogP contribution in [0.3, 0.4) is 0 Å². The monoisotopic (exact) mass is 248 g/mol. The highest BCUT2D eigenvalue weighted by atomic mass is 35.5. The van der Waals surface area contributed by atoms with Crippen LogP contribution in [-0.4, -0.2) is 34.5 Å². The Kier molecular flexibility index (Phi) is 3.71. The first kappa shape index (κ1) is 10.7. The lowest BCUT2D eigenvalue weighted by Gasteiger charge is -2.22. The molecule has 0 N–H and O–H groups in total. The second-order valence-electron chi connectivity index (χ2n) is 3.51. The number of hydrogen-bond acceptors (Lipinski definition) is 4. The Morgan fingerprint density at radius 1 is 1.71 bits per heavy atom. The van der Waals surface area contributed by atoms with E-state index in [9.17, 15) is 0 Å². The molecule has 1 fully saturated rings. The van der Waals surface area contributed by atoms with Gasteiger partial charge in [-0.1, -0.05) is 11.6 Å². The van der Waals surface area contributed by atoms with Crippen LogP contribution < -0.4 is 0 Å². The summed E-state index contributed by atoms with van der Waals surface area (Å²) in [6.45, 7) is 0.982. The minimum Gasteiger partial charge on any atom is -0.297 e. The molecule has 0 bridgehead atoms. The molecule has 1 aliphatic heterocycles. The minimum atomic E-state index is 0.647. The Bertz CT molecular complexity index is 297. The van der Waals surface area contributed by atoms with Gasteiger partial charge < -0.3 is 0 Å². The van der Waals surface area contributed by atoms with Gasteiger partial charge >= 0.3 is 0 Å². The lowest BCUT2D eigenvalue weighted by Crippen LogP contribution is -2.30. The highest BCUT2D eigenvalue weighted by Crippen LogP contribution is 2.24. The summed E-state index contributed by atoms with van der Waals surface area (Å²) in [5.41, 5.74) is 0. The fourth-order valence-corrected chi connectivity index (χ4v) is 3.94. The first-order valence-corrected chi connectivity index (χ1v) is 6.99. The zero-order valence-electron chi connectivity index (χ0n) is 8.07. The summed E-state index contributed by atoms with van der Waals surface area (Å²) in [5.74, 6) is 2.57. The maximum absolute atomic E-state index is 5.79. The Hall–Kier alpha value is 0.230. The molecule has 2 rings (SSSR count). The summed E-state index contributed by atoms with van der Waals surface area (Å²) in [6, 6.07) is 0.737. The van der Waals surface area contributed by atoms with Gasteiger partial charge in [0.2, 0.25) is 0 Å². The molecule has 0 aliphatic carbocycles. The summed E-state index contributed by atoms with van der Waals surface area (Å²) in [5, 5.41) is 0. The van der Waals surface area contributed by atoms with E-state index in [0.717, 1.165) is 12.6 Å². The van der Waals surface area contributed by atoms with E-state index in [1.54, 1.807) is 11.3 Å². The molecule has 1 saturated heterocycles. The van der Waals surface area contributed by atoms with Gasteiger partial charge in [-0.3, -0.25) is 4.90 Å². The molecule has 0 spiro atoms. The molecule has 5 heteroatoms. The number of hydrogen-bond donors (Lipinski definition) is 0. The second kappa shape index (κ2) is 4.84. The Labute approximate surface area is 97.7 Å². The van der Waals surface area contributed by atoms with Crippen LogP contribution >= 0.6 is 34.7 Å². The SMILES string of the molecule is CN(Cc1cnc(Cl)s1)C1CCSC1. The predicted molar refractivity (Wildman–Crippen MR) is 64.3 cm³/mol. The summed E-state index contributed by atoms with van der Waals surface area (Å²) in [7, 11) is 2.18. The molecule has 0 saturated carbocycles. The molecule has 2 heterocycles. The van der Waals surface area contributed by atoms with Crippen LogP contribution in [0.15, 0.2) is 6.20 Å². The molecule has 1 aliphatic rings. The third kappa shape index (κ3) is 2.63. The van der Waals surface area contributed by atoms with Crippen molar-refractivity contribution in [2.45, 2.75) is 19.0 Å². The maximum Gasteiger partial charge on any atom is 0.183 e. The number of aromatic nitrogens is 1. The summed E-state index contributed by atoms with van der Waals surface area (Å²) >= 11 is 9.42. The minimum absolute atomic E-state index is 0.647. The number of thioether (sulfide) groups is 1. The maximum atomic E-state index is 5.79. The molecular formula is C9H13ClN2S2. The quantitative estimate of drug-likeness (QED) is 0.819. The topological polar surface area (TPSA) is 16.1 Å². The van der Waals surface area contributed by atoms with E-state index in [1.165, 1.54) is 22.8 Å². The van der Waals surface area contributed by atoms with Crippen LogP contribution in [-0.2, 0) is 6.54 Å². The van der Waals surface area contributed by atoms with E-state index in [-0.39, 0.29) is 0 Å². The number of halogens is 1. The van der Waals surface area contributed by atoms with Crippen LogP contribution in [0.4, 0.5) is 0 Å². The van der Waals surface area contributed by atoms with Crippen LogP contribution in [0.2, 0.25) is 4.47 Å². The Morgan fingerprint density at radius 2 is 2.57 bits per heavy atom. The van der Waals surface area contributed by atoms with E-state index in [0.29, 0.717) is 4.47 Å². The molecule has 1 aromatic heterocycles. The summed E-state index contributed by atoms with van der Waals surface area (Å²) < 4.78 is 0.647. The van der Waals surface area contributed by atoms with E-state index in [2.05, 4.69) is 16.9 Å².